The van der Waals surface area contributed by atoms with Crippen molar-refractivity contribution < 1.29 is 0 Å². The molecule has 0 bridgehead atoms. The predicted molar refractivity (Wildman–Crippen MR) is 75.6 cm³/mol. The second kappa shape index (κ2) is 5.59. The van der Waals surface area contributed by atoms with Crippen LogP contribution in [0.5, 0.6) is 0 Å². The van der Waals surface area contributed by atoms with E-state index in [-0.39, 0.29) is 0 Å². The van der Waals surface area contributed by atoms with Crippen LogP contribution in [0.3, 0.4) is 0 Å². The highest BCUT2D eigenvalue weighted by molar-refractivity contribution is 7.80. The summed E-state index contributed by atoms with van der Waals surface area (Å²) < 4.78 is 1.99. The van der Waals surface area contributed by atoms with Crippen molar-refractivity contribution in [1.82, 2.24) is 14.5 Å². The van der Waals surface area contributed by atoms with Gasteiger partial charge >= 0.3 is 0 Å². The highest BCUT2D eigenvalue weighted by atomic mass is 32.1. The van der Waals surface area contributed by atoms with Crippen molar-refractivity contribution in [2.45, 2.75) is 13.5 Å². The van der Waals surface area contributed by atoms with Gasteiger partial charge in [0, 0.05) is 31.2 Å². The van der Waals surface area contributed by atoms with Crippen molar-refractivity contribution >= 4 is 23.0 Å². The van der Waals surface area contributed by atoms with Crippen LogP contribution >= 0.6 is 12.2 Å². The summed E-state index contributed by atoms with van der Waals surface area (Å²) in [5.74, 6) is 0.739. The molecule has 2 heterocycles. The van der Waals surface area contributed by atoms with Crippen molar-refractivity contribution in [2.24, 2.45) is 5.73 Å². The van der Waals surface area contributed by atoms with E-state index in [1.807, 2.05) is 29.8 Å². The summed E-state index contributed by atoms with van der Waals surface area (Å²) in [5.41, 5.74) is 7.38. The first kappa shape index (κ1) is 12.5. The molecule has 3 N–H and O–H groups in total. The number of nitrogens with one attached hydrogen (secondary N) is 1. The minimum absolute atomic E-state index is 0.354. The predicted octanol–water partition coefficient (Wildman–Crippen LogP) is 1.33. The zero-order valence-corrected chi connectivity index (χ0v) is 10.9. The Balaban J connectivity index is 2.03. The van der Waals surface area contributed by atoms with E-state index in [0.717, 1.165) is 30.2 Å². The Morgan fingerprint density at radius 3 is 3.00 bits per heavy atom. The van der Waals surface area contributed by atoms with Crippen LogP contribution in [-0.2, 0) is 6.54 Å². The van der Waals surface area contributed by atoms with E-state index in [2.05, 4.69) is 15.3 Å². The van der Waals surface area contributed by atoms with Crippen molar-refractivity contribution in [1.29, 1.82) is 0 Å². The average Bonchev–Trinajstić information content (AvgIpc) is 2.82. The average molecular weight is 261 g/mol. The Bertz CT molecular complexity index is 535. The summed E-state index contributed by atoms with van der Waals surface area (Å²) in [4.78, 5) is 8.75. The Morgan fingerprint density at radius 1 is 1.50 bits per heavy atom. The summed E-state index contributed by atoms with van der Waals surface area (Å²) in [5, 5.41) is 3.25. The van der Waals surface area contributed by atoms with Gasteiger partial charge in [0.25, 0.3) is 0 Å². The molecule has 0 fully saturated rings. The fourth-order valence-electron chi connectivity index (χ4n) is 1.61. The maximum absolute atomic E-state index is 5.67. The largest absolute Gasteiger partial charge is 0.389 e. The molecular formula is C12H15N5S. The van der Waals surface area contributed by atoms with Crippen LogP contribution in [0.1, 0.15) is 11.3 Å². The van der Waals surface area contributed by atoms with Crippen molar-refractivity contribution in [3.8, 4) is 0 Å². The molecule has 0 aliphatic rings. The maximum atomic E-state index is 5.67. The van der Waals surface area contributed by atoms with Gasteiger partial charge in [0.1, 0.15) is 10.8 Å². The fourth-order valence-corrected chi connectivity index (χ4v) is 1.78. The number of thiocarbonyl (C=S) groups is 1. The molecule has 0 amide bonds. The van der Waals surface area contributed by atoms with E-state index in [1.54, 1.807) is 12.5 Å². The third-order valence-corrected chi connectivity index (χ3v) is 2.74. The van der Waals surface area contributed by atoms with Gasteiger partial charge in [0.15, 0.2) is 0 Å². The SMILES string of the molecule is Cc1ccc(C(N)=S)c(NCCn2ccnc2)n1. The molecule has 0 aromatic carbocycles. The topological polar surface area (TPSA) is 68.8 Å². The van der Waals surface area contributed by atoms with E-state index in [9.17, 15) is 0 Å². The summed E-state index contributed by atoms with van der Waals surface area (Å²) >= 11 is 5.01. The van der Waals surface area contributed by atoms with Crippen LogP contribution in [0.15, 0.2) is 30.9 Å². The smallest absolute Gasteiger partial charge is 0.136 e. The van der Waals surface area contributed by atoms with Gasteiger partial charge in [-0.15, -0.1) is 0 Å². The van der Waals surface area contributed by atoms with Gasteiger partial charge in [-0.05, 0) is 19.1 Å². The lowest BCUT2D eigenvalue weighted by molar-refractivity contribution is 0.725. The molecule has 5 nitrogen and oxygen atoms in total. The minimum atomic E-state index is 0.354. The number of pyridine rings is 1. The third kappa shape index (κ3) is 3.04. The van der Waals surface area contributed by atoms with Gasteiger partial charge in [0.05, 0.1) is 11.9 Å². The summed E-state index contributed by atoms with van der Waals surface area (Å²) in [7, 11) is 0. The first-order valence-corrected chi connectivity index (χ1v) is 6.04. The van der Waals surface area contributed by atoms with Gasteiger partial charge < -0.3 is 15.6 Å². The van der Waals surface area contributed by atoms with Crippen LogP contribution in [0, 0.1) is 6.92 Å². The number of nitrogens with zero attached hydrogens (tertiary/aromatic N) is 3. The zero-order valence-electron chi connectivity index (χ0n) is 10.1. The maximum Gasteiger partial charge on any atom is 0.136 e. The van der Waals surface area contributed by atoms with Crippen molar-refractivity contribution in [3.05, 3.63) is 42.1 Å². The minimum Gasteiger partial charge on any atom is -0.389 e. The van der Waals surface area contributed by atoms with E-state index in [4.69, 9.17) is 18.0 Å². The molecule has 2 aromatic rings. The summed E-state index contributed by atoms with van der Waals surface area (Å²) in [6.07, 6.45) is 5.45. The van der Waals surface area contributed by atoms with Crippen LogP contribution < -0.4 is 11.1 Å². The number of nitrogens with two attached hydrogens (primary N) is 1. The van der Waals surface area contributed by atoms with E-state index >= 15 is 0 Å². The van der Waals surface area contributed by atoms with Gasteiger partial charge in [0.2, 0.25) is 0 Å². The lowest BCUT2D eigenvalue weighted by Crippen LogP contribution is -2.17. The number of aromatic nitrogens is 3. The second-order valence-corrected chi connectivity index (χ2v) is 4.38. The zero-order chi connectivity index (χ0) is 13.0. The number of imidazole rings is 1. The molecule has 94 valence electrons. The summed E-state index contributed by atoms with van der Waals surface area (Å²) in [6, 6.07) is 3.79. The van der Waals surface area contributed by atoms with E-state index in [1.165, 1.54) is 0 Å². The lowest BCUT2D eigenvalue weighted by Gasteiger charge is -2.11. The van der Waals surface area contributed by atoms with E-state index in [0.29, 0.717) is 4.99 Å². The van der Waals surface area contributed by atoms with E-state index < -0.39 is 0 Å². The lowest BCUT2D eigenvalue weighted by atomic mass is 10.2. The van der Waals surface area contributed by atoms with Crippen molar-refractivity contribution in [3.63, 3.8) is 0 Å². The Kier molecular flexibility index (Phi) is 3.88. The molecule has 2 aromatic heterocycles. The quantitative estimate of drug-likeness (QED) is 0.795. The van der Waals surface area contributed by atoms with Gasteiger partial charge in [-0.25, -0.2) is 9.97 Å². The molecule has 2 rings (SSSR count). The van der Waals surface area contributed by atoms with Crippen LogP contribution in [0.4, 0.5) is 5.82 Å². The summed E-state index contributed by atoms with van der Waals surface area (Å²) in [6.45, 7) is 3.49. The van der Waals surface area contributed by atoms with Crippen LogP contribution in [0.25, 0.3) is 0 Å². The normalized spacial score (nSPS) is 10.3. The second-order valence-electron chi connectivity index (χ2n) is 3.94. The first-order chi connectivity index (χ1) is 8.66. The number of hydrogen-bond donors (Lipinski definition) is 2. The van der Waals surface area contributed by atoms with Gasteiger partial charge in [-0.3, -0.25) is 0 Å². The monoisotopic (exact) mass is 261 g/mol. The molecule has 0 radical (unpaired) electrons. The molecule has 18 heavy (non-hydrogen) atoms. The number of rotatable bonds is 5. The van der Waals surface area contributed by atoms with Crippen LogP contribution in [0.2, 0.25) is 0 Å². The molecule has 0 saturated carbocycles. The number of anilines is 1. The molecule has 0 atom stereocenters. The molecule has 0 saturated heterocycles. The molecule has 0 unspecified atom stereocenters. The Hall–Kier alpha value is -1.95. The number of hydrogen-bond acceptors (Lipinski definition) is 4. The molecular weight excluding hydrogens is 246 g/mol. The molecule has 0 aliphatic carbocycles. The molecule has 6 heteroatoms. The van der Waals surface area contributed by atoms with Gasteiger partial charge in [-0.1, -0.05) is 12.2 Å². The standard InChI is InChI=1S/C12H15N5S/c1-9-2-3-10(11(13)18)12(16-9)15-5-7-17-6-4-14-8-17/h2-4,6,8H,5,7H2,1H3,(H2,13,18)(H,15,16). The van der Waals surface area contributed by atoms with Crippen LogP contribution in [-0.4, -0.2) is 26.1 Å². The number of aryl methyl sites for hydroxylation is 1. The molecule has 0 aliphatic heterocycles. The Morgan fingerprint density at radius 2 is 2.33 bits per heavy atom. The fraction of sp³-hybridized carbons (Fsp3) is 0.250. The third-order valence-electron chi connectivity index (χ3n) is 2.52. The first-order valence-electron chi connectivity index (χ1n) is 5.64. The Labute approximate surface area is 111 Å². The highest BCUT2D eigenvalue weighted by Crippen LogP contribution is 2.13. The van der Waals surface area contributed by atoms with Crippen molar-refractivity contribution in [2.75, 3.05) is 11.9 Å². The molecule has 0 spiro atoms. The highest BCUT2D eigenvalue weighted by Gasteiger charge is 2.06. The van der Waals surface area contributed by atoms with Gasteiger partial charge in [-0.2, -0.15) is 0 Å².